The number of hydrogen-bond acceptors (Lipinski definition) is 1. The van der Waals surface area contributed by atoms with E-state index in [0.717, 1.165) is 12.8 Å². The molecule has 1 heteroatoms. The van der Waals surface area contributed by atoms with E-state index in [9.17, 15) is 4.79 Å². The molecule has 0 aromatic heterocycles. The number of hydrogen-bond donors (Lipinski definition) is 0. The zero-order valence-electron chi connectivity index (χ0n) is 8.15. The molecule has 2 atom stereocenters. The SMILES string of the molecule is C[C@@]12CCCC[C@]1(C)CC(=O)C2. The zero-order chi connectivity index (χ0) is 8.82. The van der Waals surface area contributed by atoms with Crippen LogP contribution in [0.4, 0.5) is 0 Å². The summed E-state index contributed by atoms with van der Waals surface area (Å²) in [6, 6.07) is 0. The van der Waals surface area contributed by atoms with Crippen LogP contribution in [0.15, 0.2) is 0 Å². The second kappa shape index (κ2) is 2.34. The number of carbonyl (C=O) groups excluding carboxylic acids is 1. The fourth-order valence-electron chi connectivity index (χ4n) is 3.17. The molecule has 0 heterocycles. The molecule has 2 aliphatic carbocycles. The highest BCUT2D eigenvalue weighted by molar-refractivity contribution is 5.82. The molecule has 1 nitrogen and oxygen atoms in total. The summed E-state index contributed by atoms with van der Waals surface area (Å²) < 4.78 is 0. The highest BCUT2D eigenvalue weighted by atomic mass is 16.1. The Hall–Kier alpha value is -0.330. The van der Waals surface area contributed by atoms with Crippen molar-refractivity contribution in [2.45, 2.75) is 52.4 Å². The van der Waals surface area contributed by atoms with Crippen LogP contribution in [0.5, 0.6) is 0 Å². The largest absolute Gasteiger partial charge is 0.300 e. The van der Waals surface area contributed by atoms with Crippen LogP contribution in [0.2, 0.25) is 0 Å². The van der Waals surface area contributed by atoms with E-state index in [1.807, 2.05) is 0 Å². The van der Waals surface area contributed by atoms with Crippen molar-refractivity contribution in [2.75, 3.05) is 0 Å². The van der Waals surface area contributed by atoms with Gasteiger partial charge >= 0.3 is 0 Å². The highest BCUT2D eigenvalue weighted by Gasteiger charge is 2.52. The normalized spacial score (nSPS) is 47.7. The standard InChI is InChI=1S/C11H18O/c1-10-5-3-4-6-11(10,2)8-9(12)7-10/h3-8H2,1-2H3/t10-,11+. The third kappa shape index (κ3) is 0.949. The molecular formula is C11H18O. The molecule has 12 heavy (non-hydrogen) atoms. The summed E-state index contributed by atoms with van der Waals surface area (Å²) in [5.41, 5.74) is 0.699. The van der Waals surface area contributed by atoms with Gasteiger partial charge in [0.2, 0.25) is 0 Å². The van der Waals surface area contributed by atoms with Gasteiger partial charge in [0, 0.05) is 12.8 Å². The molecule has 2 rings (SSSR count). The lowest BCUT2D eigenvalue weighted by molar-refractivity contribution is -0.118. The topological polar surface area (TPSA) is 17.1 Å². The third-order valence-electron chi connectivity index (χ3n) is 4.34. The Morgan fingerprint density at radius 2 is 1.42 bits per heavy atom. The Morgan fingerprint density at radius 1 is 1.00 bits per heavy atom. The Bertz CT molecular complexity index is 199. The molecule has 2 aliphatic rings. The number of carbonyl (C=O) groups is 1. The monoisotopic (exact) mass is 166 g/mol. The van der Waals surface area contributed by atoms with Gasteiger partial charge in [-0.1, -0.05) is 26.7 Å². The Balaban J connectivity index is 2.30. The van der Waals surface area contributed by atoms with Gasteiger partial charge in [0.05, 0.1) is 0 Å². The maximum absolute atomic E-state index is 11.4. The lowest BCUT2D eigenvalue weighted by atomic mass is 9.60. The molecule has 0 N–H and O–H groups in total. The van der Waals surface area contributed by atoms with Crippen molar-refractivity contribution in [1.29, 1.82) is 0 Å². The van der Waals surface area contributed by atoms with E-state index < -0.39 is 0 Å². The molecule has 2 fully saturated rings. The minimum atomic E-state index is 0.350. The first-order valence-corrected chi connectivity index (χ1v) is 5.08. The van der Waals surface area contributed by atoms with Crippen molar-refractivity contribution in [3.8, 4) is 0 Å². The molecule has 0 aromatic carbocycles. The predicted molar refractivity (Wildman–Crippen MR) is 48.9 cm³/mol. The van der Waals surface area contributed by atoms with E-state index in [1.54, 1.807) is 0 Å². The van der Waals surface area contributed by atoms with Crippen molar-refractivity contribution in [3.05, 3.63) is 0 Å². The molecule has 0 radical (unpaired) electrons. The Kier molecular flexibility index (Phi) is 1.61. The summed E-state index contributed by atoms with van der Waals surface area (Å²) in [6.45, 7) is 4.63. The molecule has 0 amide bonds. The molecule has 0 unspecified atom stereocenters. The van der Waals surface area contributed by atoms with Crippen LogP contribution in [-0.2, 0) is 4.79 Å². The quantitative estimate of drug-likeness (QED) is 0.540. The molecule has 0 saturated heterocycles. The number of ketones is 1. The lowest BCUT2D eigenvalue weighted by Gasteiger charge is -2.44. The summed E-state index contributed by atoms with van der Waals surface area (Å²) >= 11 is 0. The van der Waals surface area contributed by atoms with E-state index in [1.165, 1.54) is 25.7 Å². The first-order valence-electron chi connectivity index (χ1n) is 5.08. The number of rotatable bonds is 0. The fraction of sp³-hybridized carbons (Fsp3) is 0.909. The Labute approximate surface area is 74.5 Å². The van der Waals surface area contributed by atoms with Crippen molar-refractivity contribution in [2.24, 2.45) is 10.8 Å². The van der Waals surface area contributed by atoms with Gasteiger partial charge in [-0.05, 0) is 23.7 Å². The second-order valence-corrected chi connectivity index (χ2v) is 5.22. The van der Waals surface area contributed by atoms with Crippen LogP contribution < -0.4 is 0 Å². The fourth-order valence-corrected chi connectivity index (χ4v) is 3.17. The van der Waals surface area contributed by atoms with Crippen LogP contribution in [0, 0.1) is 10.8 Å². The minimum absolute atomic E-state index is 0.350. The second-order valence-electron chi connectivity index (χ2n) is 5.22. The van der Waals surface area contributed by atoms with Gasteiger partial charge in [-0.3, -0.25) is 4.79 Å². The first-order chi connectivity index (χ1) is 5.56. The van der Waals surface area contributed by atoms with E-state index in [2.05, 4.69) is 13.8 Å². The van der Waals surface area contributed by atoms with Gasteiger partial charge in [0.1, 0.15) is 5.78 Å². The summed E-state index contributed by atoms with van der Waals surface area (Å²) in [7, 11) is 0. The van der Waals surface area contributed by atoms with Crippen molar-refractivity contribution < 1.29 is 4.79 Å². The van der Waals surface area contributed by atoms with Gasteiger partial charge in [0.15, 0.2) is 0 Å². The zero-order valence-corrected chi connectivity index (χ0v) is 8.15. The van der Waals surface area contributed by atoms with Crippen LogP contribution in [-0.4, -0.2) is 5.78 Å². The van der Waals surface area contributed by atoms with Crippen LogP contribution in [0.3, 0.4) is 0 Å². The van der Waals surface area contributed by atoms with Gasteiger partial charge in [-0.15, -0.1) is 0 Å². The average molecular weight is 166 g/mol. The van der Waals surface area contributed by atoms with Crippen molar-refractivity contribution in [3.63, 3.8) is 0 Å². The van der Waals surface area contributed by atoms with Gasteiger partial charge in [-0.25, -0.2) is 0 Å². The Morgan fingerprint density at radius 3 is 1.83 bits per heavy atom. The average Bonchev–Trinajstić information content (AvgIpc) is 2.18. The summed E-state index contributed by atoms with van der Waals surface area (Å²) in [5.74, 6) is 0.502. The van der Waals surface area contributed by atoms with Gasteiger partial charge in [-0.2, -0.15) is 0 Å². The minimum Gasteiger partial charge on any atom is -0.300 e. The molecule has 68 valence electrons. The third-order valence-corrected chi connectivity index (χ3v) is 4.34. The van der Waals surface area contributed by atoms with Gasteiger partial charge in [0.25, 0.3) is 0 Å². The van der Waals surface area contributed by atoms with E-state index in [0.29, 0.717) is 16.6 Å². The molecule has 0 bridgehead atoms. The lowest BCUT2D eigenvalue weighted by Crippen LogP contribution is -2.35. The maximum atomic E-state index is 11.4. The maximum Gasteiger partial charge on any atom is 0.134 e. The number of Topliss-reactive ketones (excluding diaryl/α,β-unsaturated/α-hetero) is 1. The van der Waals surface area contributed by atoms with E-state index in [4.69, 9.17) is 0 Å². The predicted octanol–water partition coefficient (Wildman–Crippen LogP) is 2.94. The summed E-state index contributed by atoms with van der Waals surface area (Å²) in [5, 5.41) is 0. The molecule has 0 aliphatic heterocycles. The number of fused-ring (bicyclic) bond motifs is 1. The van der Waals surface area contributed by atoms with E-state index >= 15 is 0 Å². The summed E-state index contributed by atoms with van der Waals surface area (Å²) in [4.78, 5) is 11.4. The van der Waals surface area contributed by atoms with Crippen LogP contribution >= 0.6 is 0 Å². The van der Waals surface area contributed by atoms with E-state index in [-0.39, 0.29) is 0 Å². The molecule has 0 spiro atoms. The molecule has 0 aromatic rings. The van der Waals surface area contributed by atoms with Crippen molar-refractivity contribution in [1.82, 2.24) is 0 Å². The first kappa shape index (κ1) is 8.28. The molecule has 2 saturated carbocycles. The van der Waals surface area contributed by atoms with Gasteiger partial charge < -0.3 is 0 Å². The van der Waals surface area contributed by atoms with Crippen LogP contribution in [0.1, 0.15) is 52.4 Å². The van der Waals surface area contributed by atoms with Crippen molar-refractivity contribution >= 4 is 5.78 Å². The smallest absolute Gasteiger partial charge is 0.134 e. The highest BCUT2D eigenvalue weighted by Crippen LogP contribution is 2.59. The summed E-state index contributed by atoms with van der Waals surface area (Å²) in [6.07, 6.45) is 6.91. The van der Waals surface area contributed by atoms with Crippen LogP contribution in [0.25, 0.3) is 0 Å². The molecular weight excluding hydrogens is 148 g/mol.